The molecule has 0 rings (SSSR count). The molecule has 0 aliphatic carbocycles. The van der Waals surface area contributed by atoms with Crippen molar-refractivity contribution in [2.24, 2.45) is 0 Å². The highest BCUT2D eigenvalue weighted by Crippen LogP contribution is 1.80. The third-order valence-corrected chi connectivity index (χ3v) is 0.394. The first-order chi connectivity index (χ1) is 2.91. The Morgan fingerprint density at radius 2 is 2.50 bits per heavy atom. The van der Waals surface area contributed by atoms with Crippen molar-refractivity contribution in [3.63, 3.8) is 0 Å². The van der Waals surface area contributed by atoms with Crippen LogP contribution >= 0.6 is 0 Å². The van der Waals surface area contributed by atoms with Crippen molar-refractivity contribution in [1.82, 2.24) is 0 Å². The van der Waals surface area contributed by atoms with E-state index in [9.17, 15) is 4.79 Å². The summed E-state index contributed by atoms with van der Waals surface area (Å²) in [7, 11) is 0. The Kier molecular flexibility index (Phi) is 4.04. The van der Waals surface area contributed by atoms with Crippen molar-refractivity contribution < 1.29 is 4.79 Å². The van der Waals surface area contributed by atoms with Crippen LogP contribution in [0.25, 0.3) is 0 Å². The molecule has 1 heteroatoms. The lowest BCUT2D eigenvalue weighted by molar-refractivity contribution is 0.568. The molecule has 6 heavy (non-hydrogen) atoms. The third kappa shape index (κ3) is 3.45. The highest BCUT2D eigenvalue weighted by molar-refractivity contribution is 5.44. The topological polar surface area (TPSA) is 17.1 Å². The average Bonchev–Trinajstić information content (AvgIpc) is 1.61. The first kappa shape index (κ1) is 5.45. The molecule has 2 radical (unpaired) electrons. The Balaban J connectivity index is 2.86. The Labute approximate surface area is 37.7 Å². The summed E-state index contributed by atoms with van der Waals surface area (Å²) in [5.74, 6) is 1.61. The van der Waals surface area contributed by atoms with E-state index in [0.717, 1.165) is 0 Å². The molecule has 0 unspecified atom stereocenters. The molecule has 0 aliphatic rings. The van der Waals surface area contributed by atoms with E-state index in [4.69, 9.17) is 6.92 Å². The Bertz CT molecular complexity index is 60.3. The van der Waals surface area contributed by atoms with Gasteiger partial charge in [-0.15, -0.1) is 0 Å². The van der Waals surface area contributed by atoms with E-state index in [1.165, 1.54) is 6.08 Å². The van der Waals surface area contributed by atoms with Crippen LogP contribution in [0.15, 0.2) is 6.08 Å². The van der Waals surface area contributed by atoms with E-state index in [1.54, 1.807) is 5.94 Å². The number of hydrogen-bond acceptors (Lipinski definition) is 1. The number of allylic oxidation sites excluding steroid dienone is 1. The lowest BCUT2D eigenvalue weighted by atomic mass is 10.3. The summed E-state index contributed by atoms with van der Waals surface area (Å²) < 4.78 is 0. The van der Waals surface area contributed by atoms with Crippen LogP contribution in [0.5, 0.6) is 0 Å². The average molecular weight is 82.1 g/mol. The second kappa shape index (κ2) is 4.45. The zero-order chi connectivity index (χ0) is 4.83. The molecule has 0 spiro atoms. The first-order valence-corrected chi connectivity index (χ1v) is 1.81. The summed E-state index contributed by atoms with van der Waals surface area (Å²) in [6.07, 6.45) is 2.55. The van der Waals surface area contributed by atoms with Gasteiger partial charge in [0.15, 0.2) is 0 Å². The molecule has 1 nitrogen and oxygen atoms in total. The third-order valence-electron chi connectivity index (χ3n) is 0.394. The van der Waals surface area contributed by atoms with E-state index < -0.39 is 0 Å². The fourth-order valence-electron chi connectivity index (χ4n) is 0.142. The van der Waals surface area contributed by atoms with Gasteiger partial charge in [0, 0.05) is 0 Å². The molecular weight excluding hydrogens is 76.1 g/mol. The molecule has 0 bridgehead atoms. The van der Waals surface area contributed by atoms with Crippen LogP contribution in [-0.2, 0) is 4.79 Å². The molecule has 0 amide bonds. The fraction of sp³-hybridized carbons (Fsp3) is 0.400. The van der Waals surface area contributed by atoms with Crippen molar-refractivity contribution >= 4 is 5.94 Å². The van der Waals surface area contributed by atoms with Crippen molar-refractivity contribution in [3.8, 4) is 0 Å². The van der Waals surface area contributed by atoms with Gasteiger partial charge in [-0.2, -0.15) is 0 Å². The van der Waals surface area contributed by atoms with Gasteiger partial charge in [-0.3, -0.25) is 0 Å². The van der Waals surface area contributed by atoms with E-state index in [2.05, 4.69) is 0 Å². The zero-order valence-electron chi connectivity index (χ0n) is 3.48. The van der Waals surface area contributed by atoms with Crippen molar-refractivity contribution in [2.45, 2.75) is 12.8 Å². The predicted octanol–water partition coefficient (Wildman–Crippen LogP) is 0.865. The van der Waals surface area contributed by atoms with E-state index in [-0.39, 0.29) is 0 Å². The number of hydrogen-bond donors (Lipinski definition) is 0. The summed E-state index contributed by atoms with van der Waals surface area (Å²) >= 11 is 0. The van der Waals surface area contributed by atoms with Gasteiger partial charge in [-0.1, -0.05) is 0 Å². The summed E-state index contributed by atoms with van der Waals surface area (Å²) in [5.41, 5.74) is 0. The molecule has 32 valence electrons. The molecule has 0 atom stereocenters. The summed E-state index contributed by atoms with van der Waals surface area (Å²) in [5, 5.41) is 0. The van der Waals surface area contributed by atoms with Crippen LogP contribution in [0.3, 0.4) is 0 Å². The Hall–Kier alpha value is -0.550. The van der Waals surface area contributed by atoms with Gasteiger partial charge in [-0.05, 0) is 25.8 Å². The lowest BCUT2D eigenvalue weighted by Crippen LogP contribution is -1.58. The van der Waals surface area contributed by atoms with Crippen LogP contribution in [0.2, 0.25) is 0 Å². The smallest absolute Gasteiger partial charge is 0.120 e. The Morgan fingerprint density at radius 1 is 1.83 bits per heavy atom. The molecule has 0 N–H and O–H groups in total. The van der Waals surface area contributed by atoms with Gasteiger partial charge >= 0.3 is 0 Å². The predicted molar refractivity (Wildman–Crippen MR) is 23.8 cm³/mol. The first-order valence-electron chi connectivity index (χ1n) is 1.81. The van der Waals surface area contributed by atoms with Crippen molar-refractivity contribution in [3.05, 3.63) is 13.0 Å². The van der Waals surface area contributed by atoms with Gasteiger partial charge in [0.05, 0.1) is 0 Å². The monoisotopic (exact) mass is 82.0 g/mol. The zero-order valence-corrected chi connectivity index (χ0v) is 3.48. The maximum absolute atomic E-state index is 9.33. The van der Waals surface area contributed by atoms with E-state index in [1.807, 2.05) is 0 Å². The maximum Gasteiger partial charge on any atom is 0.120 e. The number of unbranched alkanes of at least 4 members (excludes halogenated alkanes) is 1. The number of carbonyl (C=O) groups excluding carboxylic acids is 1. The van der Waals surface area contributed by atoms with Crippen LogP contribution in [0.4, 0.5) is 0 Å². The second-order valence-electron chi connectivity index (χ2n) is 0.899. The lowest BCUT2D eigenvalue weighted by Gasteiger charge is -1.70. The van der Waals surface area contributed by atoms with Gasteiger partial charge in [-0.25, -0.2) is 4.79 Å². The minimum atomic E-state index is 0.537. The molecule has 0 heterocycles. The maximum atomic E-state index is 9.33. The largest absolute Gasteiger partial charge is 0.234 e. The van der Waals surface area contributed by atoms with Gasteiger partial charge < -0.3 is 0 Å². The quantitative estimate of drug-likeness (QED) is 0.451. The second-order valence-corrected chi connectivity index (χ2v) is 0.899. The normalized spacial score (nSPS) is 6.83. The van der Waals surface area contributed by atoms with Crippen LogP contribution in [0, 0.1) is 6.92 Å². The summed E-state index contributed by atoms with van der Waals surface area (Å²) in [6, 6.07) is 0. The van der Waals surface area contributed by atoms with Crippen LogP contribution in [0.1, 0.15) is 12.8 Å². The molecule has 0 saturated heterocycles. The molecule has 0 aromatic heterocycles. The molecule has 0 fully saturated rings. The van der Waals surface area contributed by atoms with Crippen molar-refractivity contribution in [1.29, 1.82) is 0 Å². The highest BCUT2D eigenvalue weighted by Gasteiger charge is 1.66. The molecule has 0 aliphatic heterocycles. The van der Waals surface area contributed by atoms with Gasteiger partial charge in [0.25, 0.3) is 0 Å². The minimum Gasteiger partial charge on any atom is -0.234 e. The molecular formula is C5H6O. The van der Waals surface area contributed by atoms with Gasteiger partial charge in [0.1, 0.15) is 5.94 Å². The fourth-order valence-corrected chi connectivity index (χ4v) is 0.142. The van der Waals surface area contributed by atoms with Crippen LogP contribution < -0.4 is 0 Å². The SMILES string of the molecule is [CH]CCC=C=O. The molecule has 0 aromatic carbocycles. The molecule has 0 saturated carbocycles. The Morgan fingerprint density at radius 3 is 2.67 bits per heavy atom. The van der Waals surface area contributed by atoms with Crippen molar-refractivity contribution in [2.75, 3.05) is 0 Å². The summed E-state index contributed by atoms with van der Waals surface area (Å²) in [4.78, 5) is 9.33. The minimum absolute atomic E-state index is 0.537. The molecule has 0 aromatic rings. The van der Waals surface area contributed by atoms with E-state index >= 15 is 0 Å². The number of rotatable bonds is 2. The summed E-state index contributed by atoms with van der Waals surface area (Å²) in [6.45, 7) is 5.00. The van der Waals surface area contributed by atoms with E-state index in [0.29, 0.717) is 12.8 Å². The standard InChI is InChI=1S/C5H6O/c1-2-3-4-5-6/h1,4H,2-3H2. The highest BCUT2D eigenvalue weighted by atomic mass is 16.1. The van der Waals surface area contributed by atoms with Gasteiger partial charge in [0.2, 0.25) is 0 Å². The van der Waals surface area contributed by atoms with Crippen LogP contribution in [-0.4, -0.2) is 5.94 Å².